The zero-order valence-corrected chi connectivity index (χ0v) is 17.9. The van der Waals surface area contributed by atoms with Crippen LogP contribution in [0.3, 0.4) is 0 Å². The third kappa shape index (κ3) is 2.97. The van der Waals surface area contributed by atoms with E-state index in [9.17, 15) is 10.1 Å². The Kier molecular flexibility index (Phi) is 4.38. The van der Waals surface area contributed by atoms with Crippen molar-refractivity contribution in [2.24, 2.45) is 5.92 Å². The summed E-state index contributed by atoms with van der Waals surface area (Å²) in [5, 5.41) is 14.9. The lowest BCUT2D eigenvalue weighted by Gasteiger charge is -2.27. The van der Waals surface area contributed by atoms with E-state index in [0.29, 0.717) is 52.0 Å². The number of anilines is 1. The van der Waals surface area contributed by atoms with Gasteiger partial charge >= 0.3 is 0 Å². The number of H-pyrrole nitrogens is 1. The highest BCUT2D eigenvalue weighted by Crippen LogP contribution is 2.39. The van der Waals surface area contributed by atoms with Crippen molar-refractivity contribution in [3.8, 4) is 11.8 Å². The van der Waals surface area contributed by atoms with E-state index in [1.807, 2.05) is 35.2 Å². The number of aromatic amines is 1. The van der Waals surface area contributed by atoms with Crippen LogP contribution in [0, 0.1) is 17.2 Å². The highest BCUT2D eigenvalue weighted by molar-refractivity contribution is 6.33. The van der Waals surface area contributed by atoms with Gasteiger partial charge in [-0.15, -0.1) is 0 Å². The fraction of sp³-hybridized carbons (Fsp3) is 0.182. The third-order valence-electron chi connectivity index (χ3n) is 5.93. The minimum Gasteiger partial charge on any atom is -0.343 e. The lowest BCUT2D eigenvalue weighted by atomic mass is 10.1. The average molecular weight is 458 g/mol. The number of rotatable bonds is 3. The van der Waals surface area contributed by atoms with Gasteiger partial charge in [0.2, 0.25) is 0 Å². The van der Waals surface area contributed by atoms with Crippen molar-refractivity contribution < 1.29 is 0 Å². The molecular formula is C22H16ClN9O. The maximum Gasteiger partial charge on any atom is 0.284 e. The summed E-state index contributed by atoms with van der Waals surface area (Å²) < 4.78 is 3.07. The standard InChI is InChI=1S/C22H16ClN9O/c23-15-6-7-31-18(15)22(33)32(14-4-2-1-3-5-14)20(29-31)16-8-13(9-24)10-30(16)21-17-19(26-11-25-17)27-12-28-21/h1-7,11-13,16H,8,10H2,(H,25,26,27,28)/t13-,16+/m1/s1. The second-order valence-electron chi connectivity index (χ2n) is 7.82. The summed E-state index contributed by atoms with van der Waals surface area (Å²) in [6.45, 7) is 0.426. The molecule has 162 valence electrons. The molecule has 1 aliphatic rings. The maximum absolute atomic E-state index is 13.6. The van der Waals surface area contributed by atoms with E-state index >= 15 is 0 Å². The molecule has 0 unspecified atom stereocenters. The minimum absolute atomic E-state index is 0.274. The molecule has 5 aromatic rings. The molecular weight excluding hydrogens is 442 g/mol. The zero-order valence-electron chi connectivity index (χ0n) is 17.1. The Balaban J connectivity index is 1.62. The predicted molar refractivity (Wildman–Crippen MR) is 121 cm³/mol. The van der Waals surface area contributed by atoms with Gasteiger partial charge in [0.05, 0.1) is 35.1 Å². The second kappa shape index (κ2) is 7.43. The second-order valence-corrected chi connectivity index (χ2v) is 8.23. The van der Waals surface area contributed by atoms with Crippen LogP contribution in [0.5, 0.6) is 0 Å². The molecule has 2 atom stereocenters. The van der Waals surface area contributed by atoms with Gasteiger partial charge in [-0.2, -0.15) is 10.4 Å². The summed E-state index contributed by atoms with van der Waals surface area (Å²) in [6, 6.07) is 12.9. The number of aromatic nitrogens is 7. The molecule has 0 amide bonds. The summed E-state index contributed by atoms with van der Waals surface area (Å²) in [5.74, 6) is 0.804. The number of fused-ring (bicyclic) bond motifs is 2. The first-order chi connectivity index (χ1) is 16.2. The van der Waals surface area contributed by atoms with Gasteiger partial charge in [-0.25, -0.2) is 19.5 Å². The molecule has 0 spiro atoms. The molecule has 4 aromatic heterocycles. The number of para-hydroxylation sites is 1. The Morgan fingerprint density at radius 3 is 2.82 bits per heavy atom. The van der Waals surface area contributed by atoms with Crippen molar-refractivity contribution in [2.75, 3.05) is 11.4 Å². The average Bonchev–Trinajstić information content (AvgIpc) is 3.57. The third-order valence-corrected chi connectivity index (χ3v) is 6.23. The van der Waals surface area contributed by atoms with Gasteiger partial charge in [0, 0.05) is 12.7 Å². The molecule has 11 heteroatoms. The minimum atomic E-state index is -0.400. The smallest absolute Gasteiger partial charge is 0.284 e. The predicted octanol–water partition coefficient (Wildman–Crippen LogP) is 2.90. The summed E-state index contributed by atoms with van der Waals surface area (Å²) in [4.78, 5) is 31.7. The quantitative estimate of drug-likeness (QED) is 0.442. The zero-order chi connectivity index (χ0) is 22.5. The molecule has 0 bridgehead atoms. The molecule has 33 heavy (non-hydrogen) atoms. The van der Waals surface area contributed by atoms with Crippen molar-refractivity contribution >= 4 is 34.1 Å². The normalized spacial score (nSPS) is 18.2. The fourth-order valence-electron chi connectivity index (χ4n) is 4.46. The van der Waals surface area contributed by atoms with E-state index in [-0.39, 0.29) is 11.5 Å². The van der Waals surface area contributed by atoms with Crippen LogP contribution in [0.15, 0.2) is 60.0 Å². The Morgan fingerprint density at radius 2 is 2.00 bits per heavy atom. The van der Waals surface area contributed by atoms with Crippen molar-refractivity contribution in [1.82, 2.24) is 34.1 Å². The monoisotopic (exact) mass is 457 g/mol. The summed E-state index contributed by atoms with van der Waals surface area (Å²) in [7, 11) is 0. The van der Waals surface area contributed by atoms with Gasteiger partial charge in [0.25, 0.3) is 5.56 Å². The van der Waals surface area contributed by atoms with Crippen LogP contribution in [-0.2, 0) is 0 Å². The molecule has 5 heterocycles. The number of nitrogens with one attached hydrogen (secondary N) is 1. The Bertz CT molecular complexity index is 1600. The van der Waals surface area contributed by atoms with E-state index in [2.05, 4.69) is 26.0 Å². The van der Waals surface area contributed by atoms with E-state index in [0.717, 1.165) is 0 Å². The molecule has 1 aliphatic heterocycles. The number of imidazole rings is 1. The van der Waals surface area contributed by atoms with Crippen molar-refractivity contribution in [1.29, 1.82) is 5.26 Å². The summed E-state index contributed by atoms with van der Waals surface area (Å²) in [6.07, 6.45) is 5.16. The van der Waals surface area contributed by atoms with Crippen LogP contribution in [0.1, 0.15) is 18.3 Å². The van der Waals surface area contributed by atoms with Crippen LogP contribution in [0.25, 0.3) is 22.4 Å². The van der Waals surface area contributed by atoms with E-state index in [1.165, 1.54) is 10.8 Å². The van der Waals surface area contributed by atoms with Crippen LogP contribution in [0.4, 0.5) is 5.82 Å². The Morgan fingerprint density at radius 1 is 1.15 bits per heavy atom. The van der Waals surface area contributed by atoms with Crippen LogP contribution in [0.2, 0.25) is 5.02 Å². The molecule has 1 aromatic carbocycles. The van der Waals surface area contributed by atoms with E-state index < -0.39 is 6.04 Å². The molecule has 0 radical (unpaired) electrons. The van der Waals surface area contributed by atoms with Gasteiger partial charge in [-0.05, 0) is 24.6 Å². The first kappa shape index (κ1) is 19.5. The lowest BCUT2D eigenvalue weighted by Crippen LogP contribution is -2.33. The fourth-order valence-corrected chi connectivity index (χ4v) is 4.68. The number of nitrogens with zero attached hydrogens (tertiary/aromatic N) is 8. The number of benzene rings is 1. The van der Waals surface area contributed by atoms with Crippen LogP contribution in [-0.4, -0.2) is 40.7 Å². The molecule has 10 nitrogen and oxygen atoms in total. The number of hydrogen-bond acceptors (Lipinski definition) is 7. The first-order valence-electron chi connectivity index (χ1n) is 10.3. The summed E-state index contributed by atoms with van der Waals surface area (Å²) in [5.41, 5.74) is 1.87. The SMILES string of the molecule is N#C[C@H]1C[C@@H](c2nn3ccc(Cl)c3c(=O)n2-c2ccccc2)N(c2ncnc3[nH]cnc23)C1. The Labute approximate surface area is 191 Å². The first-order valence-corrected chi connectivity index (χ1v) is 10.7. The van der Waals surface area contributed by atoms with Crippen molar-refractivity contribution in [3.63, 3.8) is 0 Å². The maximum atomic E-state index is 13.6. The lowest BCUT2D eigenvalue weighted by molar-refractivity contribution is 0.587. The van der Waals surface area contributed by atoms with E-state index in [1.54, 1.807) is 23.2 Å². The van der Waals surface area contributed by atoms with Gasteiger partial charge in [0.15, 0.2) is 17.3 Å². The van der Waals surface area contributed by atoms with Crippen LogP contribution >= 0.6 is 11.6 Å². The Hall–Kier alpha value is -4.23. The van der Waals surface area contributed by atoms with Gasteiger partial charge in [-0.1, -0.05) is 29.8 Å². The molecule has 0 aliphatic carbocycles. The topological polar surface area (TPSA) is 121 Å². The largest absolute Gasteiger partial charge is 0.343 e. The molecule has 0 saturated carbocycles. The van der Waals surface area contributed by atoms with Crippen molar-refractivity contribution in [2.45, 2.75) is 12.5 Å². The van der Waals surface area contributed by atoms with Gasteiger partial charge in [0.1, 0.15) is 17.4 Å². The molecule has 1 N–H and O–H groups in total. The van der Waals surface area contributed by atoms with Gasteiger partial charge < -0.3 is 9.88 Å². The number of hydrogen-bond donors (Lipinski definition) is 1. The number of nitriles is 1. The number of halogens is 1. The highest BCUT2D eigenvalue weighted by atomic mass is 35.5. The van der Waals surface area contributed by atoms with Gasteiger partial charge in [-0.3, -0.25) is 9.36 Å². The van der Waals surface area contributed by atoms with E-state index in [4.69, 9.17) is 16.7 Å². The molecule has 6 rings (SSSR count). The molecule has 1 fully saturated rings. The van der Waals surface area contributed by atoms with Crippen molar-refractivity contribution in [3.05, 3.63) is 76.5 Å². The molecule has 1 saturated heterocycles. The van der Waals surface area contributed by atoms with Crippen LogP contribution < -0.4 is 10.5 Å². The summed E-state index contributed by atoms with van der Waals surface area (Å²) >= 11 is 6.32. The highest BCUT2D eigenvalue weighted by Gasteiger charge is 2.39.